The summed E-state index contributed by atoms with van der Waals surface area (Å²) in [6.07, 6.45) is 4.58. The molecule has 4 N–H and O–H groups in total. The number of hydrogen-bond donors (Lipinski definition) is 4. The van der Waals surface area contributed by atoms with Crippen molar-refractivity contribution in [1.29, 1.82) is 0 Å². The highest BCUT2D eigenvalue weighted by Gasteiger charge is 2.56. The average Bonchev–Trinajstić information content (AvgIpc) is 3.23. The summed E-state index contributed by atoms with van der Waals surface area (Å²) in [5, 5.41) is 43.8. The molecule has 1 aliphatic carbocycles. The molecule has 15 heteroatoms. The third-order valence-electron chi connectivity index (χ3n) is 14.2. The molecule has 350 valence electrons. The van der Waals surface area contributed by atoms with Crippen LogP contribution < -0.4 is 0 Å². The number of β-amino-alcohol motifs (C(OH)–C–C–N with tert-alkyl or cyclic N) is 1. The fraction of sp³-hybridized carbons (Fsp3) is 0.809. The van der Waals surface area contributed by atoms with Gasteiger partial charge in [-0.05, 0) is 108 Å². The standard InChI is InChI=1S/C47H74N2O13/c1-27-19-28(2)21-39(59-6)43-40(60-7)23-30(4)47(58,62-43)44(55)45(56)49-18-9-8-12-36(49)46(57)61-42(29(3)22-32-14-16-34(50)17-15-32)31(5)37(52)24-38(53)33(20-27)11-10-13-41(54)48-25-35(51)26-48/h20,22,28,30-37,39-40,42-43,50-52,58H,8-19,21,23-26H2,1-7H3/b27-20+,29-22+/t28-,30+,31+,32-,33+,34-,36-,37-,39-,40-,42+,43+,47+/m0/s1. The Morgan fingerprint density at radius 3 is 2.23 bits per heavy atom. The van der Waals surface area contributed by atoms with Crippen LogP contribution in [0.2, 0.25) is 0 Å². The summed E-state index contributed by atoms with van der Waals surface area (Å²) >= 11 is 0. The van der Waals surface area contributed by atoms with Gasteiger partial charge in [0.1, 0.15) is 24.0 Å². The summed E-state index contributed by atoms with van der Waals surface area (Å²) in [6, 6.07) is -1.15. The van der Waals surface area contributed by atoms with Crippen molar-refractivity contribution in [3.8, 4) is 0 Å². The zero-order valence-electron chi connectivity index (χ0n) is 38.0. The van der Waals surface area contributed by atoms with E-state index in [4.69, 9.17) is 18.9 Å². The molecule has 5 rings (SSSR count). The number of nitrogens with zero attached hydrogens (tertiary/aromatic N) is 2. The van der Waals surface area contributed by atoms with Crippen LogP contribution in [-0.2, 0) is 42.9 Å². The van der Waals surface area contributed by atoms with E-state index in [1.807, 2.05) is 32.9 Å². The normalized spacial score (nSPS) is 38.9. The first kappa shape index (κ1) is 50.0. The number of ether oxygens (including phenoxy) is 4. The van der Waals surface area contributed by atoms with Crippen LogP contribution in [0.15, 0.2) is 23.3 Å². The van der Waals surface area contributed by atoms with Gasteiger partial charge in [-0.3, -0.25) is 19.2 Å². The molecule has 5 aliphatic rings. The molecule has 2 amide bonds. The highest BCUT2D eigenvalue weighted by molar-refractivity contribution is 6.39. The molecule has 0 unspecified atom stereocenters. The lowest BCUT2D eigenvalue weighted by atomic mass is 9.82. The van der Waals surface area contributed by atoms with E-state index < -0.39 is 83.9 Å². The Kier molecular flexibility index (Phi) is 17.9. The lowest BCUT2D eigenvalue weighted by molar-refractivity contribution is -0.302. The summed E-state index contributed by atoms with van der Waals surface area (Å²) < 4.78 is 24.3. The zero-order valence-corrected chi connectivity index (χ0v) is 38.0. The molecule has 4 fully saturated rings. The number of esters is 1. The number of fused-ring (bicyclic) bond motifs is 3. The molecule has 2 bridgehead atoms. The maximum Gasteiger partial charge on any atom is 0.329 e. The first-order valence-electron chi connectivity index (χ1n) is 23.1. The van der Waals surface area contributed by atoms with Crippen molar-refractivity contribution in [3.05, 3.63) is 23.3 Å². The van der Waals surface area contributed by atoms with Crippen LogP contribution in [0.1, 0.15) is 125 Å². The van der Waals surface area contributed by atoms with Crippen LogP contribution in [0.3, 0.4) is 0 Å². The van der Waals surface area contributed by atoms with E-state index in [9.17, 15) is 44.4 Å². The summed E-state index contributed by atoms with van der Waals surface area (Å²) in [5.74, 6) is -8.01. The average molecular weight is 875 g/mol. The van der Waals surface area contributed by atoms with E-state index in [2.05, 4.69) is 0 Å². The van der Waals surface area contributed by atoms with Crippen molar-refractivity contribution in [2.24, 2.45) is 29.6 Å². The molecule has 11 atom stereocenters. The lowest BCUT2D eigenvalue weighted by Gasteiger charge is -2.47. The van der Waals surface area contributed by atoms with Crippen molar-refractivity contribution < 1.29 is 63.3 Å². The molecular weight excluding hydrogens is 801 g/mol. The fourth-order valence-electron chi connectivity index (χ4n) is 10.3. The molecular formula is C47H74N2O13. The van der Waals surface area contributed by atoms with Crippen LogP contribution in [0.4, 0.5) is 0 Å². The molecule has 0 spiro atoms. The Bertz CT molecular complexity index is 1640. The number of aliphatic hydroxyl groups excluding tert-OH is 3. The van der Waals surface area contributed by atoms with E-state index >= 15 is 0 Å². The van der Waals surface area contributed by atoms with Crippen LogP contribution >= 0.6 is 0 Å². The SMILES string of the molecule is CO[C@H]1C[C@@H](C)C/C(C)=C/[C@@H](CCCC(=O)N2CC(O)C2)C(=O)C[C@H](O)[C@@H](C)[C@@H](/C(C)=C/[C@H]2CC[C@H](O)CC2)OC(=O)[C@@H]2CCCCN2C(=O)C(=O)[C@]2(O)O[C@H]1[C@@H](OC)C[C@H]2C. The van der Waals surface area contributed by atoms with Gasteiger partial charge in [-0.1, -0.05) is 38.5 Å². The Morgan fingerprint density at radius 2 is 1.58 bits per heavy atom. The number of allylic oxidation sites excluding steroid dienone is 3. The van der Waals surface area contributed by atoms with Crippen molar-refractivity contribution in [3.63, 3.8) is 0 Å². The Labute approximate surface area is 367 Å². The van der Waals surface area contributed by atoms with E-state index in [-0.39, 0.29) is 61.9 Å². The predicted octanol–water partition coefficient (Wildman–Crippen LogP) is 3.81. The van der Waals surface area contributed by atoms with Crippen LogP contribution in [-0.4, -0.2) is 148 Å². The molecule has 1 saturated carbocycles. The minimum absolute atomic E-state index is 0.0443. The van der Waals surface area contributed by atoms with Gasteiger partial charge in [0.25, 0.3) is 11.7 Å². The maximum atomic E-state index is 14.4. The number of cyclic esters (lactones) is 1. The number of ketones is 2. The van der Waals surface area contributed by atoms with Gasteiger partial charge in [0.15, 0.2) is 0 Å². The largest absolute Gasteiger partial charge is 0.456 e. The van der Waals surface area contributed by atoms with Gasteiger partial charge in [-0.15, -0.1) is 0 Å². The monoisotopic (exact) mass is 875 g/mol. The van der Waals surface area contributed by atoms with Gasteiger partial charge in [-0.25, -0.2) is 4.79 Å². The molecule has 0 aromatic rings. The highest BCUT2D eigenvalue weighted by atomic mass is 16.7. The summed E-state index contributed by atoms with van der Waals surface area (Å²) in [5.41, 5.74) is 1.58. The van der Waals surface area contributed by atoms with Crippen LogP contribution in [0, 0.1) is 29.6 Å². The molecule has 0 aromatic carbocycles. The van der Waals surface area contributed by atoms with Crippen LogP contribution in [0.5, 0.6) is 0 Å². The van der Waals surface area contributed by atoms with Gasteiger partial charge in [-0.2, -0.15) is 0 Å². The first-order chi connectivity index (χ1) is 29.4. The second-order valence-corrected chi connectivity index (χ2v) is 19.2. The van der Waals surface area contributed by atoms with Crippen molar-refractivity contribution in [2.45, 2.75) is 179 Å². The first-order valence-corrected chi connectivity index (χ1v) is 23.1. The molecule has 3 saturated heterocycles. The molecule has 15 nitrogen and oxygen atoms in total. The van der Waals surface area contributed by atoms with Crippen molar-refractivity contribution >= 4 is 29.4 Å². The smallest absolute Gasteiger partial charge is 0.329 e. The second-order valence-electron chi connectivity index (χ2n) is 19.2. The van der Waals surface area contributed by atoms with Gasteiger partial charge in [0.05, 0.1) is 30.5 Å². The number of piperidine rings is 1. The molecule has 0 aromatic heterocycles. The number of methoxy groups -OCH3 is 2. The van der Waals surface area contributed by atoms with Crippen molar-refractivity contribution in [1.82, 2.24) is 9.80 Å². The quantitative estimate of drug-likeness (QED) is 0.156. The van der Waals surface area contributed by atoms with E-state index in [1.165, 1.54) is 19.1 Å². The number of carbonyl (C=O) groups is 5. The summed E-state index contributed by atoms with van der Waals surface area (Å²) in [6.45, 7) is 9.80. The summed E-state index contributed by atoms with van der Waals surface area (Å²) in [7, 11) is 3.03. The number of carbonyl (C=O) groups excluding carboxylic acids is 5. The third-order valence-corrected chi connectivity index (χ3v) is 14.2. The molecule has 4 aliphatic heterocycles. The zero-order chi connectivity index (χ0) is 45.5. The number of hydrogen-bond acceptors (Lipinski definition) is 13. The van der Waals surface area contributed by atoms with E-state index in [0.717, 1.165) is 18.4 Å². The Balaban J connectivity index is 1.51. The van der Waals surface area contributed by atoms with Gasteiger partial charge in [0.2, 0.25) is 11.7 Å². The predicted molar refractivity (Wildman–Crippen MR) is 228 cm³/mol. The Morgan fingerprint density at radius 1 is 0.919 bits per heavy atom. The minimum Gasteiger partial charge on any atom is -0.456 e. The second kappa shape index (κ2) is 22.2. The number of amides is 2. The van der Waals surface area contributed by atoms with Gasteiger partial charge >= 0.3 is 5.97 Å². The summed E-state index contributed by atoms with van der Waals surface area (Å²) in [4.78, 5) is 72.8. The minimum atomic E-state index is -2.53. The van der Waals surface area contributed by atoms with Gasteiger partial charge < -0.3 is 49.2 Å². The number of likely N-dealkylation sites (tertiary alicyclic amines) is 1. The van der Waals surface area contributed by atoms with E-state index in [1.54, 1.807) is 18.7 Å². The van der Waals surface area contributed by atoms with Crippen molar-refractivity contribution in [2.75, 3.05) is 33.9 Å². The molecule has 62 heavy (non-hydrogen) atoms. The number of Topliss-reactive ketones (excluding diaryl/α,β-unsaturated/α-hetero) is 2. The number of aliphatic hydroxyl groups is 4. The molecule has 0 radical (unpaired) electrons. The van der Waals surface area contributed by atoms with Crippen LogP contribution in [0.25, 0.3) is 0 Å². The van der Waals surface area contributed by atoms with Gasteiger partial charge in [0, 0.05) is 64.4 Å². The lowest BCUT2D eigenvalue weighted by Crippen LogP contribution is -2.64. The third kappa shape index (κ3) is 12.2. The fourth-order valence-corrected chi connectivity index (χ4v) is 10.3. The topological polar surface area (TPSA) is 210 Å². The Hall–Kier alpha value is -3.05. The van der Waals surface area contributed by atoms with E-state index in [0.29, 0.717) is 70.0 Å². The highest BCUT2D eigenvalue weighted by Crippen LogP contribution is 2.39. The maximum absolute atomic E-state index is 14.4. The molecule has 4 heterocycles. The number of rotatable bonds is 8.